The van der Waals surface area contributed by atoms with Crippen molar-refractivity contribution in [2.75, 3.05) is 11.4 Å². The quantitative estimate of drug-likeness (QED) is 0.753. The van der Waals surface area contributed by atoms with Gasteiger partial charge in [0.05, 0.1) is 0 Å². The molecule has 0 amide bonds. The molecule has 0 spiro atoms. The predicted molar refractivity (Wildman–Crippen MR) is 70.8 cm³/mol. The van der Waals surface area contributed by atoms with E-state index in [0.29, 0.717) is 5.56 Å². The van der Waals surface area contributed by atoms with Gasteiger partial charge in [-0.15, -0.1) is 0 Å². The summed E-state index contributed by atoms with van der Waals surface area (Å²) in [6, 6.07) is 12.3. The largest absolute Gasteiger partial charge is 0.352 e. The van der Waals surface area contributed by atoms with Crippen LogP contribution in [0.2, 0.25) is 0 Å². The van der Waals surface area contributed by atoms with Crippen molar-refractivity contribution in [1.82, 2.24) is 4.98 Å². The number of anilines is 1. The van der Waals surface area contributed by atoms with Gasteiger partial charge in [0.25, 0.3) is 0 Å². The Labute approximate surface area is 106 Å². The highest BCUT2D eigenvalue weighted by atomic mass is 16.1. The Morgan fingerprint density at radius 3 is 2.67 bits per heavy atom. The Morgan fingerprint density at radius 2 is 1.94 bits per heavy atom. The summed E-state index contributed by atoms with van der Waals surface area (Å²) in [5.74, 6) is 0.940. The molecule has 0 saturated carbocycles. The van der Waals surface area contributed by atoms with Crippen LogP contribution in [0.5, 0.6) is 0 Å². The lowest BCUT2D eigenvalue weighted by Gasteiger charge is -2.29. The van der Waals surface area contributed by atoms with E-state index in [1.54, 1.807) is 6.20 Å². The van der Waals surface area contributed by atoms with Crippen LogP contribution in [0, 0.1) is 0 Å². The zero-order valence-electron chi connectivity index (χ0n) is 10.0. The van der Waals surface area contributed by atoms with Crippen molar-refractivity contribution in [3.8, 4) is 0 Å². The third-order valence-corrected chi connectivity index (χ3v) is 3.36. The van der Waals surface area contributed by atoms with E-state index >= 15 is 0 Å². The zero-order valence-corrected chi connectivity index (χ0v) is 10.0. The van der Waals surface area contributed by atoms with Gasteiger partial charge in [0, 0.05) is 24.8 Å². The summed E-state index contributed by atoms with van der Waals surface area (Å²) in [5.41, 5.74) is 3.42. The molecule has 0 radical (unpaired) electrons. The van der Waals surface area contributed by atoms with Gasteiger partial charge >= 0.3 is 0 Å². The first-order valence-corrected chi connectivity index (χ1v) is 6.10. The second-order valence-corrected chi connectivity index (χ2v) is 4.51. The molecular formula is C15H14N2O. The van der Waals surface area contributed by atoms with Gasteiger partial charge in [-0.1, -0.05) is 24.3 Å². The Morgan fingerprint density at radius 1 is 1.11 bits per heavy atom. The Kier molecular flexibility index (Phi) is 2.81. The minimum absolute atomic E-state index is 0.621. The van der Waals surface area contributed by atoms with Crippen LogP contribution in [0.25, 0.3) is 0 Å². The molecule has 2 aromatic rings. The summed E-state index contributed by atoms with van der Waals surface area (Å²) in [4.78, 5) is 17.2. The van der Waals surface area contributed by atoms with Crippen LogP contribution in [0.3, 0.4) is 0 Å². The molecule has 1 aromatic carbocycles. The second-order valence-electron chi connectivity index (χ2n) is 4.51. The molecule has 0 bridgehead atoms. The lowest BCUT2D eigenvalue weighted by molar-refractivity contribution is 0.112. The summed E-state index contributed by atoms with van der Waals surface area (Å²) in [6.45, 7) is 1.87. The normalized spacial score (nSPS) is 14.1. The van der Waals surface area contributed by atoms with Crippen LogP contribution in [-0.4, -0.2) is 17.8 Å². The highest BCUT2D eigenvalue weighted by Gasteiger charge is 2.16. The summed E-state index contributed by atoms with van der Waals surface area (Å²) >= 11 is 0. The minimum atomic E-state index is 0.621. The van der Waals surface area contributed by atoms with Crippen molar-refractivity contribution in [1.29, 1.82) is 0 Å². The van der Waals surface area contributed by atoms with E-state index in [-0.39, 0.29) is 0 Å². The zero-order chi connectivity index (χ0) is 12.4. The predicted octanol–water partition coefficient (Wildman–Crippen LogP) is 2.46. The first-order valence-electron chi connectivity index (χ1n) is 6.10. The summed E-state index contributed by atoms with van der Waals surface area (Å²) < 4.78 is 0. The molecule has 0 atom stereocenters. The molecule has 0 aliphatic carbocycles. The number of aldehydes is 1. The number of aromatic nitrogens is 1. The molecular weight excluding hydrogens is 224 g/mol. The van der Waals surface area contributed by atoms with Crippen LogP contribution in [0.4, 0.5) is 5.82 Å². The fourth-order valence-electron chi connectivity index (χ4n) is 2.35. The number of pyridine rings is 1. The molecule has 1 aliphatic rings. The van der Waals surface area contributed by atoms with Gasteiger partial charge in [0.2, 0.25) is 0 Å². The Balaban J connectivity index is 1.84. The second kappa shape index (κ2) is 4.61. The SMILES string of the molecule is O=Cc1ccc(N2CCc3ccccc3C2)nc1. The lowest BCUT2D eigenvalue weighted by atomic mass is 10.00. The van der Waals surface area contributed by atoms with Crippen molar-refractivity contribution < 1.29 is 4.79 Å². The molecule has 3 heteroatoms. The third kappa shape index (κ3) is 1.99. The maximum atomic E-state index is 10.6. The number of benzene rings is 1. The maximum Gasteiger partial charge on any atom is 0.151 e. The summed E-state index contributed by atoms with van der Waals surface area (Å²) in [5, 5.41) is 0. The van der Waals surface area contributed by atoms with Crippen LogP contribution in [0.15, 0.2) is 42.6 Å². The van der Waals surface area contributed by atoms with Gasteiger partial charge in [-0.05, 0) is 29.7 Å². The van der Waals surface area contributed by atoms with Crippen molar-refractivity contribution >= 4 is 12.1 Å². The molecule has 90 valence electrons. The van der Waals surface area contributed by atoms with Crippen molar-refractivity contribution in [2.45, 2.75) is 13.0 Å². The monoisotopic (exact) mass is 238 g/mol. The van der Waals surface area contributed by atoms with Crippen molar-refractivity contribution in [2.24, 2.45) is 0 Å². The number of carbonyl (C=O) groups is 1. The van der Waals surface area contributed by atoms with Gasteiger partial charge in [-0.3, -0.25) is 4.79 Å². The summed E-state index contributed by atoms with van der Waals surface area (Å²) in [6.07, 6.45) is 3.50. The molecule has 1 aromatic heterocycles. The van der Waals surface area contributed by atoms with E-state index in [9.17, 15) is 4.79 Å². The van der Waals surface area contributed by atoms with Crippen LogP contribution >= 0.6 is 0 Å². The van der Waals surface area contributed by atoms with Crippen LogP contribution < -0.4 is 4.90 Å². The first-order chi connectivity index (χ1) is 8.86. The number of carbonyl (C=O) groups excluding carboxylic acids is 1. The molecule has 0 unspecified atom stereocenters. The number of fused-ring (bicyclic) bond motifs is 1. The molecule has 1 aliphatic heterocycles. The lowest BCUT2D eigenvalue weighted by Crippen LogP contribution is -2.30. The van der Waals surface area contributed by atoms with Gasteiger partial charge in [-0.25, -0.2) is 4.98 Å². The molecule has 2 heterocycles. The summed E-state index contributed by atoms with van der Waals surface area (Å²) in [7, 11) is 0. The van der Waals surface area contributed by atoms with Crippen molar-refractivity contribution in [3.63, 3.8) is 0 Å². The average Bonchev–Trinajstić information content (AvgIpc) is 2.47. The van der Waals surface area contributed by atoms with E-state index in [0.717, 1.165) is 31.6 Å². The average molecular weight is 238 g/mol. The fraction of sp³-hybridized carbons (Fsp3) is 0.200. The molecule has 3 rings (SSSR count). The number of nitrogens with zero attached hydrogens (tertiary/aromatic N) is 2. The fourth-order valence-corrected chi connectivity index (χ4v) is 2.35. The van der Waals surface area contributed by atoms with Crippen LogP contribution in [0.1, 0.15) is 21.5 Å². The number of hydrogen-bond donors (Lipinski definition) is 0. The van der Waals surface area contributed by atoms with E-state index in [4.69, 9.17) is 0 Å². The molecule has 0 fully saturated rings. The van der Waals surface area contributed by atoms with Gasteiger partial charge in [-0.2, -0.15) is 0 Å². The third-order valence-electron chi connectivity index (χ3n) is 3.36. The molecule has 0 N–H and O–H groups in total. The standard InChI is InChI=1S/C15H14N2O/c18-11-12-5-6-15(16-9-12)17-8-7-13-3-1-2-4-14(13)10-17/h1-6,9,11H,7-8,10H2. The van der Waals surface area contributed by atoms with Gasteiger partial charge < -0.3 is 4.90 Å². The molecule has 0 saturated heterocycles. The molecule has 3 nitrogen and oxygen atoms in total. The van der Waals surface area contributed by atoms with E-state index in [2.05, 4.69) is 34.1 Å². The van der Waals surface area contributed by atoms with Gasteiger partial charge in [0.1, 0.15) is 5.82 Å². The van der Waals surface area contributed by atoms with E-state index in [1.165, 1.54) is 11.1 Å². The van der Waals surface area contributed by atoms with E-state index < -0.39 is 0 Å². The van der Waals surface area contributed by atoms with Crippen LogP contribution in [-0.2, 0) is 13.0 Å². The van der Waals surface area contributed by atoms with E-state index in [1.807, 2.05) is 12.1 Å². The smallest absolute Gasteiger partial charge is 0.151 e. The van der Waals surface area contributed by atoms with Crippen molar-refractivity contribution in [3.05, 3.63) is 59.3 Å². The highest BCUT2D eigenvalue weighted by molar-refractivity contribution is 5.74. The number of hydrogen-bond acceptors (Lipinski definition) is 3. The highest BCUT2D eigenvalue weighted by Crippen LogP contribution is 2.22. The van der Waals surface area contributed by atoms with Gasteiger partial charge in [0.15, 0.2) is 6.29 Å². The Bertz CT molecular complexity index is 563. The first kappa shape index (κ1) is 11.0. The topological polar surface area (TPSA) is 33.2 Å². The minimum Gasteiger partial charge on any atom is -0.352 e. The maximum absolute atomic E-state index is 10.6. The molecule has 18 heavy (non-hydrogen) atoms. The Hall–Kier alpha value is -2.16. The number of rotatable bonds is 2.